The fraction of sp³-hybridized carbons (Fsp3) is 0.316. The summed E-state index contributed by atoms with van der Waals surface area (Å²) < 4.78 is 15.5. The summed E-state index contributed by atoms with van der Waals surface area (Å²) in [6.07, 6.45) is 6.56. The van der Waals surface area contributed by atoms with Gasteiger partial charge >= 0.3 is 0 Å². The lowest BCUT2D eigenvalue weighted by Gasteiger charge is -2.14. The van der Waals surface area contributed by atoms with Crippen LogP contribution < -0.4 is 10.1 Å². The number of fused-ring (bicyclic) bond motifs is 1. The highest BCUT2D eigenvalue weighted by Crippen LogP contribution is 2.31. The van der Waals surface area contributed by atoms with Gasteiger partial charge < -0.3 is 19.4 Å². The zero-order chi connectivity index (χ0) is 19.1. The summed E-state index contributed by atoms with van der Waals surface area (Å²) >= 11 is 1.68. The second kappa shape index (κ2) is 6.92. The maximum Gasteiger partial charge on any atom is 0.244 e. The third-order valence-corrected chi connectivity index (χ3v) is 5.49. The number of hydrogen-bond donors (Lipinski definition) is 1. The van der Waals surface area contributed by atoms with Crippen LogP contribution in [-0.2, 0) is 11.8 Å². The molecule has 1 saturated heterocycles. The lowest BCUT2D eigenvalue weighted by atomic mass is 10.3. The molecule has 0 unspecified atom stereocenters. The minimum atomic E-state index is -0.00779. The number of ether oxygens (including phenoxy) is 2. The molecule has 1 fully saturated rings. The summed E-state index contributed by atoms with van der Waals surface area (Å²) in [6, 6.07) is 4.04. The van der Waals surface area contributed by atoms with E-state index in [2.05, 4.69) is 28.8 Å². The number of aromatic nitrogens is 5. The van der Waals surface area contributed by atoms with E-state index in [1.165, 1.54) is 4.88 Å². The van der Waals surface area contributed by atoms with Crippen molar-refractivity contribution in [1.82, 2.24) is 24.3 Å². The minimum Gasteiger partial charge on any atom is -0.470 e. The van der Waals surface area contributed by atoms with E-state index < -0.39 is 0 Å². The van der Waals surface area contributed by atoms with Crippen molar-refractivity contribution < 1.29 is 9.47 Å². The van der Waals surface area contributed by atoms with Gasteiger partial charge in [-0.15, -0.1) is 11.3 Å². The lowest BCUT2D eigenvalue weighted by molar-refractivity contribution is 0.139. The largest absolute Gasteiger partial charge is 0.470 e. The Balaban J connectivity index is 1.59. The first kappa shape index (κ1) is 17.2. The number of anilines is 2. The van der Waals surface area contributed by atoms with Crippen LogP contribution in [0.5, 0.6) is 5.88 Å². The first-order valence-electron chi connectivity index (χ1n) is 9.10. The number of rotatable bonds is 5. The van der Waals surface area contributed by atoms with Crippen molar-refractivity contribution in [3.8, 4) is 11.6 Å². The standard InChI is InChI=1S/C19H20N6O2S/c1-12-7-13(11-28-12)21-19-22-16-3-5-25(14-8-20-24(2)9-14)17(16)18(23-19)27-15-4-6-26-10-15/h3,5,7-9,11,15H,4,6,10H2,1-2H3,(H,21,22,23)/t15-/m1/s1. The fourth-order valence-electron chi connectivity index (χ4n) is 3.30. The highest BCUT2D eigenvalue weighted by atomic mass is 32.1. The van der Waals surface area contributed by atoms with Gasteiger partial charge in [0.2, 0.25) is 11.8 Å². The topological polar surface area (TPSA) is 79.0 Å². The molecule has 0 bridgehead atoms. The van der Waals surface area contributed by atoms with Crippen molar-refractivity contribution in [1.29, 1.82) is 0 Å². The Kier molecular flexibility index (Phi) is 4.25. The molecule has 1 aliphatic rings. The van der Waals surface area contributed by atoms with Crippen LogP contribution in [0.4, 0.5) is 11.6 Å². The van der Waals surface area contributed by atoms with E-state index in [-0.39, 0.29) is 6.10 Å². The molecule has 1 atom stereocenters. The zero-order valence-corrected chi connectivity index (χ0v) is 16.4. The van der Waals surface area contributed by atoms with Gasteiger partial charge in [0.1, 0.15) is 11.6 Å². The van der Waals surface area contributed by atoms with Gasteiger partial charge in [0, 0.05) is 36.1 Å². The van der Waals surface area contributed by atoms with Crippen molar-refractivity contribution in [2.24, 2.45) is 7.05 Å². The first-order valence-corrected chi connectivity index (χ1v) is 9.98. The van der Waals surface area contributed by atoms with Crippen LogP contribution in [0.25, 0.3) is 16.7 Å². The zero-order valence-electron chi connectivity index (χ0n) is 15.6. The molecule has 5 rings (SSSR count). The van der Waals surface area contributed by atoms with Gasteiger partial charge in [0.25, 0.3) is 0 Å². The minimum absolute atomic E-state index is 0.00779. The summed E-state index contributed by atoms with van der Waals surface area (Å²) in [7, 11) is 1.89. The highest BCUT2D eigenvalue weighted by Gasteiger charge is 2.22. The molecule has 0 radical (unpaired) electrons. The molecular formula is C19H20N6O2S. The smallest absolute Gasteiger partial charge is 0.244 e. The monoisotopic (exact) mass is 396 g/mol. The maximum absolute atomic E-state index is 6.24. The molecule has 144 valence electrons. The van der Waals surface area contributed by atoms with E-state index in [0.717, 1.165) is 28.8 Å². The molecule has 0 saturated carbocycles. The number of thiophene rings is 1. The highest BCUT2D eigenvalue weighted by molar-refractivity contribution is 7.10. The summed E-state index contributed by atoms with van der Waals surface area (Å²) in [6.45, 7) is 3.36. The summed E-state index contributed by atoms with van der Waals surface area (Å²) in [4.78, 5) is 10.6. The van der Waals surface area contributed by atoms with Crippen LogP contribution in [-0.4, -0.2) is 43.6 Å². The number of hydrogen-bond acceptors (Lipinski definition) is 7. The van der Waals surface area contributed by atoms with Crippen LogP contribution in [0.1, 0.15) is 11.3 Å². The molecule has 0 aromatic carbocycles. The molecule has 5 heterocycles. The molecule has 9 heteroatoms. The molecule has 1 aliphatic heterocycles. The Morgan fingerprint density at radius 2 is 2.29 bits per heavy atom. The van der Waals surface area contributed by atoms with Crippen molar-refractivity contribution in [3.63, 3.8) is 0 Å². The molecule has 0 spiro atoms. The van der Waals surface area contributed by atoms with Crippen molar-refractivity contribution in [3.05, 3.63) is 41.0 Å². The molecule has 28 heavy (non-hydrogen) atoms. The number of aryl methyl sites for hydroxylation is 2. The Labute approximate surface area is 165 Å². The fourth-order valence-corrected chi connectivity index (χ4v) is 3.94. The summed E-state index contributed by atoms with van der Waals surface area (Å²) in [5.41, 5.74) is 3.54. The number of nitrogens with one attached hydrogen (secondary N) is 1. The van der Waals surface area contributed by atoms with Crippen LogP contribution in [0.15, 0.2) is 36.1 Å². The van der Waals surface area contributed by atoms with Crippen LogP contribution >= 0.6 is 11.3 Å². The third-order valence-electron chi connectivity index (χ3n) is 4.62. The quantitative estimate of drug-likeness (QED) is 0.557. The Morgan fingerprint density at radius 1 is 1.36 bits per heavy atom. The third kappa shape index (κ3) is 3.23. The van der Waals surface area contributed by atoms with E-state index >= 15 is 0 Å². The van der Waals surface area contributed by atoms with Gasteiger partial charge in [-0.3, -0.25) is 4.68 Å². The van der Waals surface area contributed by atoms with E-state index in [1.807, 2.05) is 36.3 Å². The van der Waals surface area contributed by atoms with Crippen LogP contribution in [0, 0.1) is 6.92 Å². The number of nitrogens with zero attached hydrogens (tertiary/aromatic N) is 5. The molecule has 4 aromatic rings. The lowest BCUT2D eigenvalue weighted by Crippen LogP contribution is -2.17. The average Bonchev–Trinajstić information content (AvgIpc) is 3.43. The van der Waals surface area contributed by atoms with Crippen molar-refractivity contribution in [2.75, 3.05) is 18.5 Å². The van der Waals surface area contributed by atoms with Crippen molar-refractivity contribution in [2.45, 2.75) is 19.4 Å². The van der Waals surface area contributed by atoms with Gasteiger partial charge in [-0.2, -0.15) is 10.1 Å². The molecule has 1 N–H and O–H groups in total. The Bertz CT molecular complexity index is 1120. The van der Waals surface area contributed by atoms with E-state index in [9.17, 15) is 0 Å². The summed E-state index contributed by atoms with van der Waals surface area (Å²) in [5, 5.41) is 9.61. The van der Waals surface area contributed by atoms with Gasteiger partial charge in [-0.25, -0.2) is 4.98 Å². The van der Waals surface area contributed by atoms with E-state index in [1.54, 1.807) is 16.0 Å². The van der Waals surface area contributed by atoms with Crippen molar-refractivity contribution >= 4 is 34.0 Å². The van der Waals surface area contributed by atoms with Gasteiger partial charge in [-0.1, -0.05) is 0 Å². The molecule has 4 aromatic heterocycles. The van der Waals surface area contributed by atoms with Crippen LogP contribution in [0.2, 0.25) is 0 Å². The first-order chi connectivity index (χ1) is 13.7. The molecule has 0 aliphatic carbocycles. The van der Waals surface area contributed by atoms with Gasteiger partial charge in [0.15, 0.2) is 0 Å². The van der Waals surface area contributed by atoms with Gasteiger partial charge in [-0.05, 0) is 19.1 Å². The molecule has 8 nitrogen and oxygen atoms in total. The average molecular weight is 396 g/mol. The predicted octanol–water partition coefficient (Wildman–Crippen LogP) is 3.44. The Hall–Kier alpha value is -2.91. The maximum atomic E-state index is 6.24. The van der Waals surface area contributed by atoms with Crippen LogP contribution in [0.3, 0.4) is 0 Å². The second-order valence-electron chi connectivity index (χ2n) is 6.82. The van der Waals surface area contributed by atoms with Gasteiger partial charge in [0.05, 0.1) is 36.3 Å². The second-order valence-corrected chi connectivity index (χ2v) is 7.93. The molecular weight excluding hydrogens is 376 g/mol. The van der Waals surface area contributed by atoms with E-state index in [0.29, 0.717) is 25.0 Å². The molecule has 0 amide bonds. The predicted molar refractivity (Wildman–Crippen MR) is 108 cm³/mol. The Morgan fingerprint density at radius 3 is 3.00 bits per heavy atom. The van der Waals surface area contributed by atoms with E-state index in [4.69, 9.17) is 19.4 Å². The summed E-state index contributed by atoms with van der Waals surface area (Å²) in [5.74, 6) is 1.06. The SMILES string of the molecule is Cc1cc(Nc2nc(O[C@@H]3CCOC3)c3c(ccn3-c3cnn(C)c3)n2)cs1. The normalized spacial score (nSPS) is 16.7.